The first-order chi connectivity index (χ1) is 16.5. The van der Waals surface area contributed by atoms with Gasteiger partial charge in [-0.15, -0.1) is 0 Å². The topological polar surface area (TPSA) is 78.9 Å². The van der Waals surface area contributed by atoms with Crippen LogP contribution in [0.1, 0.15) is 103 Å². The number of unbranched alkanes of at least 4 members (excludes halogenated alkanes) is 5. The zero-order chi connectivity index (χ0) is 26.5. The van der Waals surface area contributed by atoms with E-state index in [1.165, 1.54) is 33.5 Å². The fraction of sp³-hybridized carbons (Fsp3) is 0.714. The number of benzene rings is 1. The second kappa shape index (κ2) is 15.2. The molecule has 0 amide bonds. The van der Waals surface area contributed by atoms with Gasteiger partial charge in [0.25, 0.3) is 0 Å². The molecule has 0 N–H and O–H groups in total. The van der Waals surface area contributed by atoms with Crippen LogP contribution < -0.4 is 9.47 Å². The minimum Gasteiger partial charge on any atom is -0.496 e. The van der Waals surface area contributed by atoms with E-state index in [1.807, 2.05) is 6.92 Å². The van der Waals surface area contributed by atoms with Crippen molar-refractivity contribution in [2.75, 3.05) is 20.8 Å². The number of hydrogen-bond donors (Lipinski definition) is 0. The number of esters is 1. The second-order valence-electron chi connectivity index (χ2n) is 10.7. The van der Waals surface area contributed by atoms with Crippen LogP contribution in [0.4, 0.5) is 0 Å². The van der Waals surface area contributed by atoms with Crippen LogP contribution >= 0.6 is 8.46 Å². The number of rotatable bonds is 17. The van der Waals surface area contributed by atoms with Crippen LogP contribution in [-0.2, 0) is 14.1 Å². The molecular formula is C28H45O6P. The Labute approximate surface area is 213 Å². The highest BCUT2D eigenvalue weighted by molar-refractivity contribution is 7.28. The number of Topliss-reactive ketones (excluding diaryl/α,β-unsaturated/α-hetero) is 1. The van der Waals surface area contributed by atoms with Crippen molar-refractivity contribution in [2.45, 2.75) is 97.6 Å². The molecule has 6 nitrogen and oxygen atoms in total. The summed E-state index contributed by atoms with van der Waals surface area (Å²) in [4.78, 5) is 26.9. The van der Waals surface area contributed by atoms with Gasteiger partial charge in [0.1, 0.15) is 17.1 Å². The molecule has 0 aliphatic carbocycles. The molecule has 1 aromatic rings. The summed E-state index contributed by atoms with van der Waals surface area (Å²) in [6.07, 6.45) is 7.25. The van der Waals surface area contributed by atoms with Gasteiger partial charge in [-0.3, -0.25) is 14.2 Å². The molecule has 2 unspecified atom stereocenters. The van der Waals surface area contributed by atoms with Crippen LogP contribution in [0.2, 0.25) is 0 Å². The maximum atomic E-state index is 13.5. The van der Waals surface area contributed by atoms with E-state index in [0.29, 0.717) is 11.5 Å². The van der Waals surface area contributed by atoms with E-state index in [0.717, 1.165) is 25.7 Å². The molecule has 0 saturated carbocycles. The van der Waals surface area contributed by atoms with Crippen molar-refractivity contribution in [3.05, 3.63) is 23.8 Å². The second-order valence-corrected chi connectivity index (χ2v) is 11.8. The molecule has 0 radical (unpaired) electrons. The van der Waals surface area contributed by atoms with Crippen LogP contribution in [0.25, 0.3) is 0 Å². The Kier molecular flexibility index (Phi) is 13.5. The smallest absolute Gasteiger partial charge is 0.324 e. The Hall–Kier alpha value is -1.94. The highest BCUT2D eigenvalue weighted by Crippen LogP contribution is 2.41. The maximum absolute atomic E-state index is 13.5. The fourth-order valence-corrected chi connectivity index (χ4v) is 5.42. The summed E-state index contributed by atoms with van der Waals surface area (Å²) in [6.45, 7) is 10.8. The molecule has 35 heavy (non-hydrogen) atoms. The molecule has 0 spiro atoms. The Morgan fingerprint density at radius 3 is 2.03 bits per heavy atom. The third-order valence-corrected chi connectivity index (χ3v) is 6.97. The van der Waals surface area contributed by atoms with Gasteiger partial charge in [0, 0.05) is 6.42 Å². The van der Waals surface area contributed by atoms with Crippen LogP contribution in [0.3, 0.4) is 0 Å². The zero-order valence-electron chi connectivity index (χ0n) is 22.8. The van der Waals surface area contributed by atoms with Crippen molar-refractivity contribution in [1.29, 1.82) is 0 Å². The molecule has 0 aliphatic heterocycles. The molecule has 2 atom stereocenters. The summed E-state index contributed by atoms with van der Waals surface area (Å²) in [7, 11) is 2.54. The molecular weight excluding hydrogens is 463 g/mol. The Morgan fingerprint density at radius 2 is 1.51 bits per heavy atom. The average Bonchev–Trinajstić information content (AvgIpc) is 2.80. The van der Waals surface area contributed by atoms with Gasteiger partial charge in [-0.2, -0.15) is 0 Å². The van der Waals surface area contributed by atoms with E-state index in [9.17, 15) is 14.2 Å². The Bertz CT molecular complexity index is 794. The highest BCUT2D eigenvalue weighted by Gasteiger charge is 2.45. The number of ether oxygens (including phenoxy) is 3. The van der Waals surface area contributed by atoms with Gasteiger partial charge < -0.3 is 14.2 Å². The van der Waals surface area contributed by atoms with Gasteiger partial charge in [0.15, 0.2) is 19.4 Å². The van der Waals surface area contributed by atoms with E-state index >= 15 is 0 Å². The highest BCUT2D eigenvalue weighted by atomic mass is 31.1. The normalized spacial score (nSPS) is 14.3. The molecule has 0 fully saturated rings. The SMILES string of the molecule is CCCCCCCCOC(=O)C(CC(=O)c1c(OC)cccc1OC)(CC(C)CC(C)(C)C)P=O. The van der Waals surface area contributed by atoms with Crippen molar-refractivity contribution in [3.8, 4) is 11.5 Å². The summed E-state index contributed by atoms with van der Waals surface area (Å²) in [5, 5.41) is -1.46. The van der Waals surface area contributed by atoms with Gasteiger partial charge in [0.2, 0.25) is 0 Å². The third-order valence-electron chi connectivity index (χ3n) is 6.09. The first kappa shape index (κ1) is 31.1. The lowest BCUT2D eigenvalue weighted by atomic mass is 9.80. The number of hydrogen-bond acceptors (Lipinski definition) is 6. The van der Waals surface area contributed by atoms with Crippen molar-refractivity contribution in [2.24, 2.45) is 11.3 Å². The Balaban J connectivity index is 3.13. The van der Waals surface area contributed by atoms with Gasteiger partial charge in [0.05, 0.1) is 20.8 Å². The predicted octanol–water partition coefficient (Wildman–Crippen LogP) is 7.67. The van der Waals surface area contributed by atoms with Crippen LogP contribution in [0, 0.1) is 11.3 Å². The van der Waals surface area contributed by atoms with E-state index in [-0.39, 0.29) is 42.1 Å². The number of ketones is 1. The lowest BCUT2D eigenvalue weighted by Gasteiger charge is -2.30. The lowest BCUT2D eigenvalue weighted by molar-refractivity contribution is -0.147. The molecule has 0 bridgehead atoms. The minimum atomic E-state index is -1.46. The summed E-state index contributed by atoms with van der Waals surface area (Å²) in [5.74, 6) is -0.166. The van der Waals surface area contributed by atoms with E-state index in [4.69, 9.17) is 14.2 Å². The fourth-order valence-electron chi connectivity index (χ4n) is 4.69. The van der Waals surface area contributed by atoms with Gasteiger partial charge >= 0.3 is 5.97 Å². The molecule has 0 aliphatic rings. The summed E-state index contributed by atoms with van der Waals surface area (Å²) in [5.41, 5.74) is 0.279. The van der Waals surface area contributed by atoms with Gasteiger partial charge in [-0.1, -0.05) is 72.8 Å². The van der Waals surface area contributed by atoms with E-state index in [2.05, 4.69) is 27.7 Å². The minimum absolute atomic E-state index is 0.0310. The zero-order valence-corrected chi connectivity index (χ0v) is 23.7. The third kappa shape index (κ3) is 10.3. The molecule has 1 rings (SSSR count). The quantitative estimate of drug-likeness (QED) is 0.0929. The van der Waals surface area contributed by atoms with Crippen molar-refractivity contribution < 1.29 is 28.4 Å². The van der Waals surface area contributed by atoms with E-state index in [1.54, 1.807) is 18.2 Å². The molecule has 0 saturated heterocycles. The number of carbonyl (C=O) groups is 2. The van der Waals surface area contributed by atoms with Crippen molar-refractivity contribution in [3.63, 3.8) is 0 Å². The lowest BCUT2D eigenvalue weighted by Crippen LogP contribution is -2.39. The number of methoxy groups -OCH3 is 2. The summed E-state index contributed by atoms with van der Waals surface area (Å²) < 4.78 is 29.0. The van der Waals surface area contributed by atoms with Crippen LogP contribution in [0.5, 0.6) is 11.5 Å². The average molecular weight is 509 g/mol. The molecule has 198 valence electrons. The first-order valence-electron chi connectivity index (χ1n) is 12.8. The maximum Gasteiger partial charge on any atom is 0.324 e. The van der Waals surface area contributed by atoms with E-state index < -0.39 is 19.6 Å². The van der Waals surface area contributed by atoms with Gasteiger partial charge in [-0.05, 0) is 42.7 Å². The monoisotopic (exact) mass is 508 g/mol. The number of carbonyl (C=O) groups excluding carboxylic acids is 2. The standard InChI is InChI=1S/C28H45O6P/c1-8-9-10-11-12-13-17-34-26(30)28(35-31,19-21(2)18-27(3,4)5)20-22(29)25-23(32-6)15-14-16-24(25)33-7/h14-16,21H,8-13,17-20H2,1-7H3. The molecule has 7 heteroatoms. The van der Waals surface area contributed by atoms with Crippen molar-refractivity contribution >= 4 is 20.2 Å². The predicted molar refractivity (Wildman–Crippen MR) is 141 cm³/mol. The summed E-state index contributed by atoms with van der Waals surface area (Å²) in [6, 6.07) is 5.07. The van der Waals surface area contributed by atoms with Crippen LogP contribution in [0.15, 0.2) is 18.2 Å². The molecule has 1 aromatic carbocycles. The first-order valence-corrected chi connectivity index (χ1v) is 13.6. The molecule has 0 heterocycles. The molecule has 0 aromatic heterocycles. The van der Waals surface area contributed by atoms with Crippen LogP contribution in [-0.4, -0.2) is 37.7 Å². The Morgan fingerprint density at radius 1 is 0.943 bits per heavy atom. The van der Waals surface area contributed by atoms with Gasteiger partial charge in [-0.25, -0.2) is 0 Å². The summed E-state index contributed by atoms with van der Waals surface area (Å²) >= 11 is 0. The van der Waals surface area contributed by atoms with Crippen molar-refractivity contribution in [1.82, 2.24) is 0 Å². The largest absolute Gasteiger partial charge is 0.496 e.